The van der Waals surface area contributed by atoms with Crippen LogP contribution in [0.4, 0.5) is 0 Å². The molecule has 3 rings (SSSR count). The van der Waals surface area contributed by atoms with Crippen molar-refractivity contribution in [1.29, 1.82) is 0 Å². The average molecular weight is 366 g/mol. The van der Waals surface area contributed by atoms with Crippen LogP contribution in [0.2, 0.25) is 0 Å². The first-order chi connectivity index (χ1) is 7.72. The third-order valence-corrected chi connectivity index (χ3v) is 6.78. The molecule has 3 heterocycles. The van der Waals surface area contributed by atoms with Gasteiger partial charge in [0.05, 0.1) is 3.79 Å². The number of hydrogen-bond donors (Lipinski definition) is 1. The molecule has 16 heavy (non-hydrogen) atoms. The lowest BCUT2D eigenvalue weighted by atomic mass is 10.0. The molecule has 1 aromatic heterocycles. The number of fused-ring (bicyclic) bond motifs is 1. The zero-order valence-electron chi connectivity index (χ0n) is 8.88. The van der Waals surface area contributed by atoms with Gasteiger partial charge in [-0.15, -0.1) is 11.3 Å². The number of nitrogens with one attached hydrogen (secondary N) is 1. The molecular weight excluding hydrogens is 352 g/mol. The zero-order chi connectivity index (χ0) is 11.1. The van der Waals surface area contributed by atoms with E-state index in [9.17, 15) is 0 Å². The molecule has 0 bridgehead atoms. The van der Waals surface area contributed by atoms with E-state index in [0.717, 1.165) is 18.4 Å². The second-order valence-corrected chi connectivity index (χ2v) is 8.02. The highest BCUT2D eigenvalue weighted by atomic mass is 79.9. The van der Waals surface area contributed by atoms with Gasteiger partial charge >= 0.3 is 0 Å². The molecule has 5 heteroatoms. The first-order valence-electron chi connectivity index (χ1n) is 5.59. The number of rotatable bonds is 2. The van der Waals surface area contributed by atoms with Crippen molar-refractivity contribution < 1.29 is 0 Å². The molecule has 2 aliphatic heterocycles. The molecular formula is C11H14Br2N2S. The minimum absolute atomic E-state index is 0.895. The van der Waals surface area contributed by atoms with Crippen LogP contribution < -0.4 is 5.32 Å². The van der Waals surface area contributed by atoms with Gasteiger partial charge in [-0.05, 0) is 62.9 Å². The largest absolute Gasteiger partial charge is 0.316 e. The Morgan fingerprint density at radius 2 is 2.00 bits per heavy atom. The van der Waals surface area contributed by atoms with Crippen LogP contribution in [0.5, 0.6) is 0 Å². The number of hydrogen-bond acceptors (Lipinski definition) is 3. The van der Waals surface area contributed by atoms with Gasteiger partial charge in [0.2, 0.25) is 0 Å². The molecule has 0 spiro atoms. The second kappa shape index (κ2) is 4.69. The summed E-state index contributed by atoms with van der Waals surface area (Å²) in [5.74, 6) is 1.79. The van der Waals surface area contributed by atoms with Crippen LogP contribution >= 0.6 is 43.2 Å². The molecule has 0 amide bonds. The van der Waals surface area contributed by atoms with E-state index in [4.69, 9.17) is 0 Å². The molecule has 0 saturated carbocycles. The molecule has 0 radical (unpaired) electrons. The van der Waals surface area contributed by atoms with Crippen molar-refractivity contribution in [3.8, 4) is 0 Å². The first kappa shape index (κ1) is 11.7. The maximum atomic E-state index is 3.56. The normalized spacial score (nSPS) is 29.9. The fourth-order valence-electron chi connectivity index (χ4n) is 2.77. The molecule has 1 N–H and O–H groups in total. The minimum atomic E-state index is 0.895. The highest BCUT2D eigenvalue weighted by Crippen LogP contribution is 2.34. The van der Waals surface area contributed by atoms with Gasteiger partial charge in [0.25, 0.3) is 0 Å². The van der Waals surface area contributed by atoms with Crippen LogP contribution in [0.15, 0.2) is 14.3 Å². The molecule has 2 atom stereocenters. The van der Waals surface area contributed by atoms with Gasteiger partial charge in [-0.25, -0.2) is 0 Å². The molecule has 0 unspecified atom stereocenters. The topological polar surface area (TPSA) is 15.3 Å². The van der Waals surface area contributed by atoms with E-state index in [-0.39, 0.29) is 0 Å². The number of nitrogens with zero attached hydrogens (tertiary/aromatic N) is 1. The van der Waals surface area contributed by atoms with Gasteiger partial charge in [-0.2, -0.15) is 0 Å². The number of likely N-dealkylation sites (tertiary alicyclic amines) is 1. The summed E-state index contributed by atoms with van der Waals surface area (Å²) in [4.78, 5) is 4.05. The Morgan fingerprint density at radius 3 is 2.56 bits per heavy atom. The van der Waals surface area contributed by atoms with Crippen LogP contribution in [0.25, 0.3) is 0 Å². The van der Waals surface area contributed by atoms with Crippen molar-refractivity contribution in [3.05, 3.63) is 19.2 Å². The van der Waals surface area contributed by atoms with Gasteiger partial charge < -0.3 is 5.32 Å². The van der Waals surface area contributed by atoms with E-state index in [2.05, 4.69) is 48.1 Å². The van der Waals surface area contributed by atoms with Crippen molar-refractivity contribution >= 4 is 43.2 Å². The Balaban J connectivity index is 1.64. The Morgan fingerprint density at radius 1 is 1.31 bits per heavy atom. The Kier molecular flexibility index (Phi) is 3.42. The highest BCUT2D eigenvalue weighted by Gasteiger charge is 2.35. The molecule has 0 aliphatic carbocycles. The van der Waals surface area contributed by atoms with E-state index in [1.54, 1.807) is 0 Å². The van der Waals surface area contributed by atoms with Crippen LogP contribution in [0.3, 0.4) is 0 Å². The van der Waals surface area contributed by atoms with Gasteiger partial charge in [-0.3, -0.25) is 4.90 Å². The maximum absolute atomic E-state index is 3.56. The molecule has 88 valence electrons. The maximum Gasteiger partial charge on any atom is 0.0843 e. The number of thiophene rings is 1. The first-order valence-corrected chi connectivity index (χ1v) is 7.99. The Labute approximate surface area is 117 Å². The summed E-state index contributed by atoms with van der Waals surface area (Å²) in [5, 5.41) is 3.48. The molecule has 1 aromatic rings. The lowest BCUT2D eigenvalue weighted by Gasteiger charge is -2.15. The van der Waals surface area contributed by atoms with Gasteiger partial charge in [0, 0.05) is 29.0 Å². The summed E-state index contributed by atoms with van der Waals surface area (Å²) in [7, 11) is 0. The Bertz CT molecular complexity index is 362. The van der Waals surface area contributed by atoms with Gasteiger partial charge in [-0.1, -0.05) is 0 Å². The minimum Gasteiger partial charge on any atom is -0.316 e. The predicted octanol–water partition coefficient (Wildman–Crippen LogP) is 2.92. The third kappa shape index (κ3) is 2.25. The van der Waals surface area contributed by atoms with Crippen LogP contribution in [0, 0.1) is 11.8 Å². The predicted molar refractivity (Wildman–Crippen MR) is 74.8 cm³/mol. The average Bonchev–Trinajstić information content (AvgIpc) is 2.83. The lowest BCUT2D eigenvalue weighted by molar-refractivity contribution is 0.308. The van der Waals surface area contributed by atoms with Crippen LogP contribution in [-0.2, 0) is 6.54 Å². The quantitative estimate of drug-likeness (QED) is 0.866. The van der Waals surface area contributed by atoms with Crippen molar-refractivity contribution in [2.45, 2.75) is 6.54 Å². The van der Waals surface area contributed by atoms with E-state index in [1.165, 1.54) is 39.3 Å². The fraction of sp³-hybridized carbons (Fsp3) is 0.636. The van der Waals surface area contributed by atoms with E-state index < -0.39 is 0 Å². The van der Waals surface area contributed by atoms with E-state index in [0.29, 0.717) is 0 Å². The molecule has 2 aliphatic rings. The smallest absolute Gasteiger partial charge is 0.0843 e. The number of halogens is 2. The van der Waals surface area contributed by atoms with Crippen molar-refractivity contribution in [2.24, 2.45) is 11.8 Å². The lowest BCUT2D eigenvalue weighted by Crippen LogP contribution is -2.25. The molecule has 2 fully saturated rings. The highest BCUT2D eigenvalue weighted by molar-refractivity contribution is 9.13. The standard InChI is InChI=1S/C11H14Br2N2S/c12-10-1-9(16-11(10)13)6-15-4-7-2-14-3-8(7)5-15/h1,7-8,14H,2-6H2/t7-,8+. The summed E-state index contributed by atoms with van der Waals surface area (Å²) < 4.78 is 2.40. The van der Waals surface area contributed by atoms with Crippen molar-refractivity contribution in [3.63, 3.8) is 0 Å². The third-order valence-electron chi connectivity index (χ3n) is 3.54. The fourth-order valence-corrected chi connectivity index (χ4v) is 4.99. The monoisotopic (exact) mass is 364 g/mol. The summed E-state index contributed by atoms with van der Waals surface area (Å²) in [6.45, 7) is 6.09. The molecule has 2 nitrogen and oxygen atoms in total. The summed E-state index contributed by atoms with van der Waals surface area (Å²) in [6, 6.07) is 2.24. The van der Waals surface area contributed by atoms with Crippen LogP contribution in [0.1, 0.15) is 4.88 Å². The van der Waals surface area contributed by atoms with E-state index >= 15 is 0 Å². The summed E-state index contributed by atoms with van der Waals surface area (Å²) >= 11 is 8.95. The van der Waals surface area contributed by atoms with E-state index in [1.807, 2.05) is 11.3 Å². The summed E-state index contributed by atoms with van der Waals surface area (Å²) in [6.07, 6.45) is 0. The zero-order valence-corrected chi connectivity index (χ0v) is 12.9. The van der Waals surface area contributed by atoms with Gasteiger partial charge in [0.15, 0.2) is 0 Å². The molecule has 2 saturated heterocycles. The summed E-state index contributed by atoms with van der Waals surface area (Å²) in [5.41, 5.74) is 0. The van der Waals surface area contributed by atoms with Gasteiger partial charge in [0.1, 0.15) is 0 Å². The molecule has 0 aromatic carbocycles. The van der Waals surface area contributed by atoms with Crippen molar-refractivity contribution in [2.75, 3.05) is 26.2 Å². The second-order valence-electron chi connectivity index (χ2n) is 4.71. The van der Waals surface area contributed by atoms with Crippen LogP contribution in [-0.4, -0.2) is 31.1 Å². The Hall–Kier alpha value is 0.580. The van der Waals surface area contributed by atoms with Crippen molar-refractivity contribution in [1.82, 2.24) is 10.2 Å². The SMILES string of the molecule is Brc1cc(CN2C[C@H]3CNC[C@H]3C2)sc1Br.